The van der Waals surface area contributed by atoms with Crippen LogP contribution >= 0.6 is 12.4 Å². The second-order valence-electron chi connectivity index (χ2n) is 4.69. The molecule has 1 unspecified atom stereocenters. The summed E-state index contributed by atoms with van der Waals surface area (Å²) in [6, 6.07) is 3.13. The van der Waals surface area contributed by atoms with E-state index in [0.29, 0.717) is 12.5 Å². The monoisotopic (exact) mass is 291 g/mol. The number of rotatable bonds is 5. The number of nitrogens with two attached hydrogens (primary N) is 1. The van der Waals surface area contributed by atoms with E-state index >= 15 is 0 Å². The van der Waals surface area contributed by atoms with Crippen molar-refractivity contribution in [1.29, 1.82) is 0 Å². The first-order valence-electron chi connectivity index (χ1n) is 5.62. The standard InChI is InChI=1S/C11H17N3O2S.ClH/c1-11(8-12,9-4-5-9)14-17(15,16)10-3-2-6-13-7-10;/h2-3,6-7,9,14H,4-5,8,12H2,1H3;1H. The Morgan fingerprint density at radius 3 is 2.67 bits per heavy atom. The molecule has 1 aliphatic carbocycles. The van der Waals surface area contributed by atoms with Crippen molar-refractivity contribution in [1.82, 2.24) is 9.71 Å². The first-order valence-corrected chi connectivity index (χ1v) is 7.10. The Labute approximate surface area is 114 Å². The molecule has 0 spiro atoms. The second kappa shape index (κ2) is 5.52. The number of pyridine rings is 1. The van der Waals surface area contributed by atoms with E-state index < -0.39 is 15.6 Å². The van der Waals surface area contributed by atoms with E-state index in [1.165, 1.54) is 12.3 Å². The Morgan fingerprint density at radius 1 is 1.56 bits per heavy atom. The summed E-state index contributed by atoms with van der Waals surface area (Å²) in [6.07, 6.45) is 4.95. The Morgan fingerprint density at radius 2 is 2.22 bits per heavy atom. The quantitative estimate of drug-likeness (QED) is 0.844. The van der Waals surface area contributed by atoms with E-state index in [0.717, 1.165) is 12.8 Å². The van der Waals surface area contributed by atoms with Gasteiger partial charge in [-0.1, -0.05) is 0 Å². The molecule has 0 aromatic carbocycles. The van der Waals surface area contributed by atoms with E-state index in [2.05, 4.69) is 9.71 Å². The zero-order chi connectivity index (χ0) is 12.5. The minimum absolute atomic E-state index is 0. The maximum atomic E-state index is 12.1. The van der Waals surface area contributed by atoms with Crippen molar-refractivity contribution in [2.75, 3.05) is 6.54 Å². The summed E-state index contributed by atoms with van der Waals surface area (Å²) in [5.41, 5.74) is 5.14. The minimum atomic E-state index is -3.53. The third kappa shape index (κ3) is 3.20. The first-order chi connectivity index (χ1) is 7.98. The van der Waals surface area contributed by atoms with Gasteiger partial charge in [-0.15, -0.1) is 12.4 Å². The Bertz CT molecular complexity index is 490. The van der Waals surface area contributed by atoms with Gasteiger partial charge < -0.3 is 5.73 Å². The molecule has 1 fully saturated rings. The van der Waals surface area contributed by atoms with E-state index in [4.69, 9.17) is 5.73 Å². The molecule has 1 aliphatic rings. The average molecular weight is 292 g/mol. The summed E-state index contributed by atoms with van der Waals surface area (Å²) in [6.45, 7) is 2.16. The van der Waals surface area contributed by atoms with E-state index in [-0.39, 0.29) is 17.3 Å². The molecule has 1 heterocycles. The summed E-state index contributed by atoms with van der Waals surface area (Å²) >= 11 is 0. The number of hydrogen-bond donors (Lipinski definition) is 2. The predicted molar refractivity (Wildman–Crippen MR) is 72.0 cm³/mol. The van der Waals surface area contributed by atoms with Gasteiger partial charge in [-0.2, -0.15) is 0 Å². The topological polar surface area (TPSA) is 85.1 Å². The normalized spacial score (nSPS) is 18.8. The van der Waals surface area contributed by atoms with Crippen molar-refractivity contribution in [3.63, 3.8) is 0 Å². The zero-order valence-electron chi connectivity index (χ0n) is 10.2. The van der Waals surface area contributed by atoms with Gasteiger partial charge in [0.25, 0.3) is 0 Å². The third-order valence-corrected chi connectivity index (χ3v) is 4.81. The number of aromatic nitrogens is 1. The van der Waals surface area contributed by atoms with Gasteiger partial charge >= 0.3 is 0 Å². The molecule has 1 saturated carbocycles. The molecule has 5 nitrogen and oxygen atoms in total. The summed E-state index contributed by atoms with van der Waals surface area (Å²) in [4.78, 5) is 4.00. The van der Waals surface area contributed by atoms with E-state index in [9.17, 15) is 8.42 Å². The van der Waals surface area contributed by atoms with Crippen LogP contribution in [0.5, 0.6) is 0 Å². The lowest BCUT2D eigenvalue weighted by Gasteiger charge is -2.28. The van der Waals surface area contributed by atoms with Crippen molar-refractivity contribution in [3.05, 3.63) is 24.5 Å². The largest absolute Gasteiger partial charge is 0.329 e. The van der Waals surface area contributed by atoms with Crippen molar-refractivity contribution < 1.29 is 8.42 Å². The van der Waals surface area contributed by atoms with Crippen molar-refractivity contribution in [2.24, 2.45) is 11.7 Å². The van der Waals surface area contributed by atoms with E-state index in [1.54, 1.807) is 12.3 Å². The maximum Gasteiger partial charge on any atom is 0.242 e. The van der Waals surface area contributed by atoms with Crippen LogP contribution in [0, 0.1) is 5.92 Å². The summed E-state index contributed by atoms with van der Waals surface area (Å²) in [5, 5.41) is 0. The van der Waals surface area contributed by atoms with Crippen LogP contribution in [0.1, 0.15) is 19.8 Å². The Hall–Kier alpha value is -0.690. The molecule has 1 aromatic rings. The Kier molecular flexibility index (Phi) is 4.72. The zero-order valence-corrected chi connectivity index (χ0v) is 11.8. The molecule has 0 saturated heterocycles. The fourth-order valence-corrected chi connectivity index (χ4v) is 3.32. The fourth-order valence-electron chi connectivity index (χ4n) is 1.88. The maximum absolute atomic E-state index is 12.1. The molecule has 1 atom stereocenters. The van der Waals surface area contributed by atoms with Crippen molar-refractivity contribution >= 4 is 22.4 Å². The van der Waals surface area contributed by atoms with Crippen LogP contribution in [0.25, 0.3) is 0 Å². The van der Waals surface area contributed by atoms with Crippen LogP contribution in [-0.4, -0.2) is 25.5 Å². The van der Waals surface area contributed by atoms with Crippen LogP contribution in [0.4, 0.5) is 0 Å². The fraction of sp³-hybridized carbons (Fsp3) is 0.545. The molecule has 0 aliphatic heterocycles. The van der Waals surface area contributed by atoms with Gasteiger partial charge in [0.15, 0.2) is 0 Å². The second-order valence-corrected chi connectivity index (χ2v) is 6.37. The highest BCUT2D eigenvalue weighted by atomic mass is 35.5. The van der Waals surface area contributed by atoms with Gasteiger partial charge in [0.05, 0.1) is 0 Å². The molecule has 0 amide bonds. The van der Waals surface area contributed by atoms with Gasteiger partial charge in [-0.25, -0.2) is 13.1 Å². The molecule has 102 valence electrons. The molecule has 2 rings (SSSR count). The number of nitrogens with one attached hydrogen (secondary N) is 1. The summed E-state index contributed by atoms with van der Waals surface area (Å²) in [7, 11) is -3.53. The molecule has 0 radical (unpaired) electrons. The average Bonchev–Trinajstić information content (AvgIpc) is 3.14. The van der Waals surface area contributed by atoms with Gasteiger partial charge in [0.2, 0.25) is 10.0 Å². The Balaban J connectivity index is 0.00000162. The number of halogens is 1. The van der Waals surface area contributed by atoms with Crippen molar-refractivity contribution in [2.45, 2.75) is 30.2 Å². The molecular weight excluding hydrogens is 274 g/mol. The molecule has 1 aromatic heterocycles. The third-order valence-electron chi connectivity index (χ3n) is 3.21. The van der Waals surface area contributed by atoms with Crippen LogP contribution < -0.4 is 10.5 Å². The van der Waals surface area contributed by atoms with Gasteiger partial charge in [0.1, 0.15) is 4.90 Å². The lowest BCUT2D eigenvalue weighted by molar-refractivity contribution is 0.374. The van der Waals surface area contributed by atoms with Gasteiger partial charge in [-0.05, 0) is 37.8 Å². The lowest BCUT2D eigenvalue weighted by atomic mass is 9.98. The predicted octanol–water partition coefficient (Wildman–Crippen LogP) is 0.909. The van der Waals surface area contributed by atoms with E-state index in [1.807, 2.05) is 6.92 Å². The number of hydrogen-bond acceptors (Lipinski definition) is 4. The minimum Gasteiger partial charge on any atom is -0.329 e. The first kappa shape index (κ1) is 15.4. The highest BCUT2D eigenvalue weighted by molar-refractivity contribution is 7.89. The van der Waals surface area contributed by atoms with Gasteiger partial charge in [-0.3, -0.25) is 4.98 Å². The number of nitrogens with zero attached hydrogens (tertiary/aromatic N) is 1. The SMILES string of the molecule is CC(CN)(NS(=O)(=O)c1cccnc1)C1CC1.Cl. The molecule has 7 heteroatoms. The van der Waals surface area contributed by atoms with Crippen LogP contribution in [0.15, 0.2) is 29.4 Å². The smallest absolute Gasteiger partial charge is 0.242 e. The summed E-state index contributed by atoms with van der Waals surface area (Å²) < 4.78 is 27.0. The molecule has 0 bridgehead atoms. The van der Waals surface area contributed by atoms with Crippen LogP contribution in [0.2, 0.25) is 0 Å². The molecular formula is C11H18ClN3O2S. The highest BCUT2D eigenvalue weighted by Crippen LogP contribution is 2.39. The van der Waals surface area contributed by atoms with Crippen molar-refractivity contribution in [3.8, 4) is 0 Å². The van der Waals surface area contributed by atoms with Crippen LogP contribution in [0.3, 0.4) is 0 Å². The van der Waals surface area contributed by atoms with Gasteiger partial charge in [0, 0.05) is 24.5 Å². The molecule has 18 heavy (non-hydrogen) atoms. The summed E-state index contributed by atoms with van der Waals surface area (Å²) in [5.74, 6) is 0.346. The van der Waals surface area contributed by atoms with Crippen LogP contribution in [-0.2, 0) is 10.0 Å². The molecule has 3 N–H and O–H groups in total. The number of sulfonamides is 1. The highest BCUT2D eigenvalue weighted by Gasteiger charge is 2.43. The lowest BCUT2D eigenvalue weighted by Crippen LogP contribution is -2.52.